The second-order valence-corrected chi connectivity index (χ2v) is 5.50. The van der Waals surface area contributed by atoms with Gasteiger partial charge in [0.05, 0.1) is 6.20 Å². The lowest BCUT2D eigenvalue weighted by molar-refractivity contribution is 0.541. The van der Waals surface area contributed by atoms with Gasteiger partial charge in [0.25, 0.3) is 0 Å². The monoisotopic (exact) mass is 230 g/mol. The fourth-order valence-electron chi connectivity index (χ4n) is 1.90. The number of hydrogen-bond donors (Lipinski definition) is 0. The molecule has 0 aliphatic carbocycles. The summed E-state index contributed by atoms with van der Waals surface area (Å²) in [5.74, 6) is 4.23. The average molecular weight is 231 g/mol. The van der Waals surface area contributed by atoms with Crippen LogP contribution in [0, 0.1) is 0 Å². The summed E-state index contributed by atoms with van der Waals surface area (Å²) in [7, 11) is 0. The summed E-state index contributed by atoms with van der Waals surface area (Å²) < 4.78 is 2.15. The Balaban J connectivity index is 2.32. The third-order valence-corrected chi connectivity index (χ3v) is 4.03. The number of imidazole rings is 1. The van der Waals surface area contributed by atoms with E-state index in [2.05, 4.69) is 23.4 Å². The maximum atomic E-state index is 6.11. The maximum Gasteiger partial charge on any atom is 0.129 e. The van der Waals surface area contributed by atoms with E-state index in [0.29, 0.717) is 12.0 Å². The van der Waals surface area contributed by atoms with Crippen molar-refractivity contribution in [1.29, 1.82) is 0 Å². The molecule has 0 bridgehead atoms. The Morgan fingerprint density at radius 1 is 1.64 bits per heavy atom. The predicted molar refractivity (Wildman–Crippen MR) is 62.3 cm³/mol. The van der Waals surface area contributed by atoms with Gasteiger partial charge in [0.1, 0.15) is 11.0 Å². The molecule has 14 heavy (non-hydrogen) atoms. The SMILES string of the molecule is CC(C)n1c(Cl)cnc1C1CCSC1. The highest BCUT2D eigenvalue weighted by atomic mass is 35.5. The second-order valence-electron chi connectivity index (χ2n) is 3.96. The van der Waals surface area contributed by atoms with Gasteiger partial charge in [0, 0.05) is 17.7 Å². The number of aromatic nitrogens is 2. The van der Waals surface area contributed by atoms with Crippen LogP contribution in [0.2, 0.25) is 5.15 Å². The van der Waals surface area contributed by atoms with Gasteiger partial charge in [0.15, 0.2) is 0 Å². The van der Waals surface area contributed by atoms with E-state index < -0.39 is 0 Å². The molecule has 1 atom stereocenters. The zero-order chi connectivity index (χ0) is 10.1. The third kappa shape index (κ3) is 1.80. The van der Waals surface area contributed by atoms with Gasteiger partial charge in [0.2, 0.25) is 0 Å². The number of thioether (sulfide) groups is 1. The summed E-state index contributed by atoms with van der Waals surface area (Å²) in [6.07, 6.45) is 3.02. The highest BCUT2D eigenvalue weighted by Crippen LogP contribution is 2.34. The van der Waals surface area contributed by atoms with Gasteiger partial charge in [-0.05, 0) is 26.0 Å². The lowest BCUT2D eigenvalue weighted by atomic mass is 10.1. The Morgan fingerprint density at radius 3 is 3.00 bits per heavy atom. The van der Waals surface area contributed by atoms with E-state index in [0.717, 1.165) is 5.15 Å². The van der Waals surface area contributed by atoms with Gasteiger partial charge in [-0.15, -0.1) is 0 Å². The van der Waals surface area contributed by atoms with Crippen LogP contribution in [-0.2, 0) is 0 Å². The van der Waals surface area contributed by atoms with E-state index in [1.165, 1.54) is 23.8 Å². The molecule has 0 aromatic carbocycles. The van der Waals surface area contributed by atoms with Gasteiger partial charge in [-0.2, -0.15) is 11.8 Å². The normalized spacial score (nSPS) is 22.1. The molecule has 1 aromatic rings. The first-order chi connectivity index (χ1) is 6.70. The minimum Gasteiger partial charge on any atom is -0.316 e. The topological polar surface area (TPSA) is 17.8 Å². The molecule has 1 aliphatic rings. The first kappa shape index (κ1) is 10.4. The quantitative estimate of drug-likeness (QED) is 0.776. The Morgan fingerprint density at radius 2 is 2.43 bits per heavy atom. The molecule has 1 aliphatic heterocycles. The molecule has 0 saturated carbocycles. The van der Waals surface area contributed by atoms with Crippen LogP contribution in [-0.4, -0.2) is 21.1 Å². The molecule has 2 rings (SSSR count). The van der Waals surface area contributed by atoms with E-state index in [1.807, 2.05) is 11.8 Å². The molecule has 0 amide bonds. The fourth-order valence-corrected chi connectivity index (χ4v) is 3.45. The van der Waals surface area contributed by atoms with E-state index in [9.17, 15) is 0 Å². The van der Waals surface area contributed by atoms with Crippen LogP contribution in [0.4, 0.5) is 0 Å². The Bertz CT molecular complexity index is 316. The average Bonchev–Trinajstić information content (AvgIpc) is 2.70. The zero-order valence-corrected chi connectivity index (χ0v) is 10.1. The standard InChI is InChI=1S/C10H15ClN2S/c1-7(2)13-9(11)5-12-10(13)8-3-4-14-6-8/h5,7-8H,3-4,6H2,1-2H3. The molecular weight excluding hydrogens is 216 g/mol. The molecule has 0 radical (unpaired) electrons. The summed E-state index contributed by atoms with van der Waals surface area (Å²) in [4.78, 5) is 4.44. The Kier molecular flexibility index (Phi) is 3.07. The number of hydrogen-bond acceptors (Lipinski definition) is 2. The summed E-state index contributed by atoms with van der Waals surface area (Å²) >= 11 is 8.12. The minimum absolute atomic E-state index is 0.408. The van der Waals surface area contributed by atoms with Crippen LogP contribution in [0.1, 0.15) is 38.1 Å². The van der Waals surface area contributed by atoms with Crippen LogP contribution in [0.25, 0.3) is 0 Å². The molecule has 0 spiro atoms. The number of halogens is 1. The molecule has 1 unspecified atom stereocenters. The number of nitrogens with zero attached hydrogens (tertiary/aromatic N) is 2. The highest BCUT2D eigenvalue weighted by Gasteiger charge is 2.24. The summed E-state index contributed by atoms with van der Waals surface area (Å²) in [6, 6.07) is 0.408. The molecule has 78 valence electrons. The largest absolute Gasteiger partial charge is 0.316 e. The van der Waals surface area contributed by atoms with Crippen molar-refractivity contribution in [2.45, 2.75) is 32.2 Å². The minimum atomic E-state index is 0.408. The lowest BCUT2D eigenvalue weighted by Gasteiger charge is -2.16. The van der Waals surface area contributed by atoms with E-state index >= 15 is 0 Å². The highest BCUT2D eigenvalue weighted by molar-refractivity contribution is 7.99. The lowest BCUT2D eigenvalue weighted by Crippen LogP contribution is -2.11. The van der Waals surface area contributed by atoms with Crippen molar-refractivity contribution < 1.29 is 0 Å². The van der Waals surface area contributed by atoms with Crippen molar-refractivity contribution in [3.8, 4) is 0 Å². The van der Waals surface area contributed by atoms with Crippen molar-refractivity contribution in [2.24, 2.45) is 0 Å². The van der Waals surface area contributed by atoms with E-state index in [1.54, 1.807) is 6.20 Å². The summed E-state index contributed by atoms with van der Waals surface area (Å²) in [5.41, 5.74) is 0. The van der Waals surface area contributed by atoms with Crippen molar-refractivity contribution in [3.63, 3.8) is 0 Å². The van der Waals surface area contributed by atoms with Crippen LogP contribution in [0.5, 0.6) is 0 Å². The zero-order valence-electron chi connectivity index (χ0n) is 8.53. The summed E-state index contributed by atoms with van der Waals surface area (Å²) in [5, 5.41) is 0.770. The molecule has 1 aromatic heterocycles. The van der Waals surface area contributed by atoms with Crippen LogP contribution < -0.4 is 0 Å². The van der Waals surface area contributed by atoms with Crippen molar-refractivity contribution in [2.75, 3.05) is 11.5 Å². The van der Waals surface area contributed by atoms with E-state index in [4.69, 9.17) is 11.6 Å². The Hall–Kier alpha value is -0.150. The first-order valence-electron chi connectivity index (χ1n) is 5.00. The van der Waals surface area contributed by atoms with Crippen LogP contribution in [0.3, 0.4) is 0 Å². The maximum absolute atomic E-state index is 6.11. The molecule has 2 heterocycles. The molecule has 2 nitrogen and oxygen atoms in total. The van der Waals surface area contributed by atoms with Crippen molar-refractivity contribution in [1.82, 2.24) is 9.55 Å². The van der Waals surface area contributed by atoms with Gasteiger partial charge < -0.3 is 4.57 Å². The second kappa shape index (κ2) is 4.15. The van der Waals surface area contributed by atoms with E-state index in [-0.39, 0.29) is 0 Å². The predicted octanol–water partition coefficient (Wildman–Crippen LogP) is 3.34. The third-order valence-electron chi connectivity index (χ3n) is 2.59. The fraction of sp³-hybridized carbons (Fsp3) is 0.700. The van der Waals surface area contributed by atoms with Gasteiger partial charge >= 0.3 is 0 Å². The van der Waals surface area contributed by atoms with Gasteiger partial charge in [-0.1, -0.05) is 11.6 Å². The van der Waals surface area contributed by atoms with Crippen LogP contribution in [0.15, 0.2) is 6.20 Å². The Labute approximate surface area is 94.0 Å². The summed E-state index contributed by atoms with van der Waals surface area (Å²) in [6.45, 7) is 4.30. The van der Waals surface area contributed by atoms with Crippen molar-refractivity contribution >= 4 is 23.4 Å². The molecule has 1 fully saturated rings. The molecule has 4 heteroatoms. The molecule has 1 saturated heterocycles. The van der Waals surface area contributed by atoms with Crippen molar-refractivity contribution in [3.05, 3.63) is 17.2 Å². The molecule has 0 N–H and O–H groups in total. The first-order valence-corrected chi connectivity index (χ1v) is 6.53. The van der Waals surface area contributed by atoms with Gasteiger partial charge in [-0.3, -0.25) is 0 Å². The van der Waals surface area contributed by atoms with Gasteiger partial charge in [-0.25, -0.2) is 4.98 Å². The number of rotatable bonds is 2. The molecular formula is C10H15ClN2S. The smallest absolute Gasteiger partial charge is 0.129 e. The van der Waals surface area contributed by atoms with Crippen LogP contribution >= 0.6 is 23.4 Å².